The average molecular weight is 412 g/mol. The summed E-state index contributed by atoms with van der Waals surface area (Å²) in [5.74, 6) is -0.630. The van der Waals surface area contributed by atoms with Crippen LogP contribution in [0.4, 0.5) is 10.5 Å². The van der Waals surface area contributed by atoms with Crippen LogP contribution in [0.5, 0.6) is 0 Å². The highest BCUT2D eigenvalue weighted by Gasteiger charge is 2.51. The van der Waals surface area contributed by atoms with Crippen LogP contribution in [0.15, 0.2) is 40.8 Å². The molecule has 9 heteroatoms. The van der Waals surface area contributed by atoms with E-state index in [9.17, 15) is 19.2 Å². The number of rotatable bonds is 6. The number of amides is 5. The minimum atomic E-state index is -1.38. The number of carbonyl (C=O) groups is 4. The van der Waals surface area contributed by atoms with Crippen LogP contribution in [0.3, 0.4) is 0 Å². The molecule has 5 amide bonds. The van der Waals surface area contributed by atoms with Crippen molar-refractivity contribution in [2.24, 2.45) is 0 Å². The molecule has 9 nitrogen and oxygen atoms in total. The molecule has 1 fully saturated rings. The fourth-order valence-corrected chi connectivity index (χ4v) is 3.11. The van der Waals surface area contributed by atoms with Crippen LogP contribution in [0.25, 0.3) is 0 Å². The highest BCUT2D eigenvalue weighted by molar-refractivity contribution is 6.09. The Morgan fingerprint density at radius 2 is 1.80 bits per heavy atom. The fraction of sp³-hybridized carbons (Fsp3) is 0.333. The lowest BCUT2D eigenvalue weighted by Crippen LogP contribution is -2.45. The number of imide groups is 1. The first-order valence-corrected chi connectivity index (χ1v) is 9.41. The summed E-state index contributed by atoms with van der Waals surface area (Å²) in [4.78, 5) is 51.9. The summed E-state index contributed by atoms with van der Waals surface area (Å²) >= 11 is 0. The molecule has 0 aliphatic carbocycles. The van der Waals surface area contributed by atoms with Gasteiger partial charge in [-0.2, -0.15) is 0 Å². The maximum atomic E-state index is 12.8. The second-order valence-electron chi connectivity index (χ2n) is 7.52. The number of benzene rings is 1. The maximum absolute atomic E-state index is 12.8. The highest BCUT2D eigenvalue weighted by atomic mass is 16.3. The molecule has 0 spiro atoms. The summed E-state index contributed by atoms with van der Waals surface area (Å²) < 4.78 is 5.50. The van der Waals surface area contributed by atoms with Crippen LogP contribution in [-0.4, -0.2) is 53.7 Å². The second kappa shape index (κ2) is 8.02. The van der Waals surface area contributed by atoms with Gasteiger partial charge in [0.2, 0.25) is 11.8 Å². The van der Waals surface area contributed by atoms with E-state index in [1.54, 1.807) is 31.2 Å². The summed E-state index contributed by atoms with van der Waals surface area (Å²) in [6.07, 6.45) is 0. The van der Waals surface area contributed by atoms with Gasteiger partial charge in [-0.15, -0.1) is 0 Å². The van der Waals surface area contributed by atoms with Gasteiger partial charge in [0.1, 0.15) is 18.1 Å². The van der Waals surface area contributed by atoms with E-state index in [1.165, 1.54) is 14.0 Å². The number of anilines is 1. The molecule has 2 aromatic rings. The van der Waals surface area contributed by atoms with Gasteiger partial charge in [0.15, 0.2) is 5.54 Å². The number of likely N-dealkylation sites (N-methyl/N-ethyl adjacent to an activating group) is 1. The van der Waals surface area contributed by atoms with Crippen LogP contribution in [-0.2, 0) is 19.9 Å². The first-order chi connectivity index (χ1) is 14.1. The average Bonchev–Trinajstić information content (AvgIpc) is 3.21. The van der Waals surface area contributed by atoms with Crippen molar-refractivity contribution in [2.45, 2.75) is 26.3 Å². The lowest BCUT2D eigenvalue weighted by molar-refractivity contribution is -0.139. The Balaban J connectivity index is 1.60. The zero-order valence-corrected chi connectivity index (χ0v) is 17.3. The smallest absolute Gasteiger partial charge is 0.325 e. The number of hydrogen-bond donors (Lipinski definition) is 2. The van der Waals surface area contributed by atoms with E-state index < -0.39 is 29.9 Å². The van der Waals surface area contributed by atoms with Gasteiger partial charge in [0.05, 0.1) is 6.54 Å². The molecule has 1 saturated heterocycles. The van der Waals surface area contributed by atoms with Crippen LogP contribution in [0.1, 0.15) is 24.0 Å². The normalized spacial score (nSPS) is 18.3. The van der Waals surface area contributed by atoms with Crippen molar-refractivity contribution in [3.63, 3.8) is 0 Å². The lowest BCUT2D eigenvalue weighted by Gasteiger charge is -2.21. The lowest BCUT2D eigenvalue weighted by atomic mass is 9.99. The van der Waals surface area contributed by atoms with E-state index in [4.69, 9.17) is 4.42 Å². The first kappa shape index (κ1) is 21.1. The van der Waals surface area contributed by atoms with Crippen molar-refractivity contribution in [1.82, 2.24) is 15.1 Å². The molecular formula is C21H24N4O5. The summed E-state index contributed by atoms with van der Waals surface area (Å²) in [6.45, 7) is 4.49. The zero-order chi connectivity index (χ0) is 22.1. The van der Waals surface area contributed by atoms with Gasteiger partial charge < -0.3 is 20.0 Å². The highest BCUT2D eigenvalue weighted by Crippen LogP contribution is 2.30. The Labute approximate surface area is 174 Å². The van der Waals surface area contributed by atoms with Crippen molar-refractivity contribution in [3.8, 4) is 0 Å². The third kappa shape index (κ3) is 4.19. The molecule has 1 aromatic heterocycles. The molecule has 30 heavy (non-hydrogen) atoms. The number of furan rings is 1. The van der Waals surface area contributed by atoms with Crippen molar-refractivity contribution >= 4 is 29.4 Å². The summed E-state index contributed by atoms with van der Waals surface area (Å²) in [5, 5.41) is 5.27. The van der Waals surface area contributed by atoms with Crippen LogP contribution >= 0.6 is 0 Å². The Morgan fingerprint density at radius 3 is 2.40 bits per heavy atom. The van der Waals surface area contributed by atoms with Crippen molar-refractivity contribution < 1.29 is 23.6 Å². The SMILES string of the molecule is Cc1ccc(NC(=O)CN(C)C(=O)CN2C(=O)NC(C)(c3ccc(C)o3)C2=O)cc1. The van der Waals surface area contributed by atoms with E-state index in [2.05, 4.69) is 10.6 Å². The maximum Gasteiger partial charge on any atom is 0.325 e. The molecule has 3 rings (SSSR count). The Kier molecular flexibility index (Phi) is 5.64. The van der Waals surface area contributed by atoms with Crippen LogP contribution in [0, 0.1) is 13.8 Å². The Bertz CT molecular complexity index is 997. The number of aryl methyl sites for hydroxylation is 2. The number of urea groups is 1. The summed E-state index contributed by atoms with van der Waals surface area (Å²) in [6, 6.07) is 9.86. The van der Waals surface area contributed by atoms with Gasteiger partial charge in [-0.3, -0.25) is 19.3 Å². The number of hydrogen-bond acceptors (Lipinski definition) is 5. The molecule has 2 N–H and O–H groups in total. The molecule has 0 bridgehead atoms. The molecule has 2 heterocycles. The molecule has 0 radical (unpaired) electrons. The number of carbonyl (C=O) groups excluding carboxylic acids is 4. The molecule has 0 saturated carbocycles. The van der Waals surface area contributed by atoms with E-state index in [1.807, 2.05) is 19.1 Å². The van der Waals surface area contributed by atoms with Gasteiger partial charge >= 0.3 is 6.03 Å². The van der Waals surface area contributed by atoms with Crippen molar-refractivity contribution in [1.29, 1.82) is 0 Å². The van der Waals surface area contributed by atoms with Crippen LogP contribution < -0.4 is 10.6 Å². The molecule has 1 aromatic carbocycles. The van der Waals surface area contributed by atoms with Crippen molar-refractivity contribution in [3.05, 3.63) is 53.5 Å². The molecular weight excluding hydrogens is 388 g/mol. The zero-order valence-electron chi connectivity index (χ0n) is 17.3. The fourth-order valence-electron chi connectivity index (χ4n) is 3.11. The first-order valence-electron chi connectivity index (χ1n) is 9.41. The predicted molar refractivity (Wildman–Crippen MR) is 108 cm³/mol. The second-order valence-corrected chi connectivity index (χ2v) is 7.52. The standard InChI is InChI=1S/C21H24N4O5/c1-13-5-8-15(9-6-13)22-17(26)11-24(4)18(27)12-25-19(28)21(3,23-20(25)29)16-10-7-14(2)30-16/h5-10H,11-12H2,1-4H3,(H,22,26)(H,23,29). The van der Waals surface area contributed by atoms with E-state index >= 15 is 0 Å². The molecule has 158 valence electrons. The third-order valence-electron chi connectivity index (χ3n) is 4.94. The van der Waals surface area contributed by atoms with E-state index in [0.717, 1.165) is 15.4 Å². The van der Waals surface area contributed by atoms with Gasteiger partial charge in [0.25, 0.3) is 5.91 Å². The van der Waals surface area contributed by atoms with E-state index in [-0.39, 0.29) is 12.5 Å². The number of nitrogens with one attached hydrogen (secondary N) is 2. The van der Waals surface area contributed by atoms with Gasteiger partial charge in [-0.25, -0.2) is 4.79 Å². The summed E-state index contributed by atoms with van der Waals surface area (Å²) in [5.41, 5.74) is 0.295. The minimum Gasteiger partial charge on any atom is -0.463 e. The van der Waals surface area contributed by atoms with E-state index in [0.29, 0.717) is 17.2 Å². The molecule has 1 aliphatic rings. The van der Waals surface area contributed by atoms with Gasteiger partial charge in [0, 0.05) is 12.7 Å². The molecule has 1 atom stereocenters. The Hall–Kier alpha value is -3.62. The third-order valence-corrected chi connectivity index (χ3v) is 4.94. The Morgan fingerprint density at radius 1 is 1.13 bits per heavy atom. The quantitative estimate of drug-likeness (QED) is 0.702. The number of nitrogens with zero attached hydrogens (tertiary/aromatic N) is 2. The monoisotopic (exact) mass is 412 g/mol. The van der Waals surface area contributed by atoms with Crippen molar-refractivity contribution in [2.75, 3.05) is 25.5 Å². The molecule has 1 unspecified atom stereocenters. The largest absolute Gasteiger partial charge is 0.463 e. The predicted octanol–water partition coefficient (Wildman–Crippen LogP) is 1.76. The van der Waals surface area contributed by atoms with Crippen LogP contribution in [0.2, 0.25) is 0 Å². The minimum absolute atomic E-state index is 0.217. The van der Waals surface area contributed by atoms with Gasteiger partial charge in [-0.1, -0.05) is 17.7 Å². The molecule has 1 aliphatic heterocycles. The van der Waals surface area contributed by atoms with Gasteiger partial charge in [-0.05, 0) is 45.0 Å². The summed E-state index contributed by atoms with van der Waals surface area (Å²) in [7, 11) is 1.44. The topological polar surface area (TPSA) is 112 Å².